The van der Waals surface area contributed by atoms with Gasteiger partial charge in [-0.15, -0.1) is 0 Å². The minimum Gasteiger partial charge on any atom is -0.493 e. The van der Waals surface area contributed by atoms with Crippen molar-refractivity contribution >= 4 is 11.8 Å². The van der Waals surface area contributed by atoms with Crippen LogP contribution >= 0.6 is 0 Å². The fourth-order valence-corrected chi connectivity index (χ4v) is 3.79. The number of hydrogen-bond acceptors (Lipinski definition) is 4. The molecule has 6 heteroatoms. The molecule has 2 amide bonds. The summed E-state index contributed by atoms with van der Waals surface area (Å²) >= 11 is 0. The average Bonchev–Trinajstić information content (AvgIpc) is 2.86. The van der Waals surface area contributed by atoms with Crippen LogP contribution in [0.2, 0.25) is 0 Å². The molecule has 0 aliphatic rings. The van der Waals surface area contributed by atoms with Gasteiger partial charge in [0.15, 0.2) is 18.1 Å². The number of rotatable bonds is 11. The second kappa shape index (κ2) is 12.6. The van der Waals surface area contributed by atoms with Crippen LogP contribution in [0.25, 0.3) is 0 Å². The summed E-state index contributed by atoms with van der Waals surface area (Å²) in [6.45, 7) is 5.91. The van der Waals surface area contributed by atoms with E-state index in [4.69, 9.17) is 9.47 Å². The zero-order chi connectivity index (χ0) is 25.2. The number of nitrogens with zero attached hydrogens (tertiary/aromatic N) is 1. The summed E-state index contributed by atoms with van der Waals surface area (Å²) in [5.41, 5.74) is 3.05. The molecule has 0 heterocycles. The summed E-state index contributed by atoms with van der Waals surface area (Å²) in [5, 5.41) is 2.99. The second-order valence-electron chi connectivity index (χ2n) is 8.82. The number of aryl methyl sites for hydroxylation is 1. The van der Waals surface area contributed by atoms with Gasteiger partial charge < -0.3 is 19.7 Å². The zero-order valence-electron chi connectivity index (χ0n) is 20.9. The molecule has 1 atom stereocenters. The molecule has 0 saturated heterocycles. The number of amides is 2. The Bertz CT molecular complexity index is 1100. The third-order valence-corrected chi connectivity index (χ3v) is 5.60. The van der Waals surface area contributed by atoms with Gasteiger partial charge in [-0.2, -0.15) is 0 Å². The number of benzene rings is 3. The lowest BCUT2D eigenvalue weighted by Crippen LogP contribution is -2.52. The minimum absolute atomic E-state index is 0.0538. The zero-order valence-corrected chi connectivity index (χ0v) is 20.9. The van der Waals surface area contributed by atoms with Crippen molar-refractivity contribution in [3.8, 4) is 11.5 Å². The smallest absolute Gasteiger partial charge is 0.261 e. The van der Waals surface area contributed by atoms with Gasteiger partial charge in [-0.25, -0.2) is 0 Å². The van der Waals surface area contributed by atoms with Gasteiger partial charge in [0.1, 0.15) is 6.04 Å². The lowest BCUT2D eigenvalue weighted by atomic mass is 10.0. The van der Waals surface area contributed by atoms with Gasteiger partial charge >= 0.3 is 0 Å². The fourth-order valence-electron chi connectivity index (χ4n) is 3.79. The molecule has 0 aliphatic heterocycles. The lowest BCUT2D eigenvalue weighted by Gasteiger charge is -2.32. The van der Waals surface area contributed by atoms with Gasteiger partial charge in [0.2, 0.25) is 5.91 Å². The monoisotopic (exact) mass is 474 g/mol. The quantitative estimate of drug-likeness (QED) is 0.443. The maximum atomic E-state index is 13.6. The van der Waals surface area contributed by atoms with Crippen molar-refractivity contribution in [2.24, 2.45) is 0 Å². The number of hydrogen-bond donors (Lipinski definition) is 1. The van der Waals surface area contributed by atoms with Gasteiger partial charge in [0.25, 0.3) is 5.91 Å². The van der Waals surface area contributed by atoms with E-state index in [0.717, 1.165) is 16.7 Å². The molecule has 1 unspecified atom stereocenters. The van der Waals surface area contributed by atoms with Crippen LogP contribution in [0, 0.1) is 6.92 Å². The van der Waals surface area contributed by atoms with Gasteiger partial charge in [0, 0.05) is 19.0 Å². The SMILES string of the molecule is COc1ccccc1OCC(=O)N(Cc1ccc(C)cc1)C(Cc1ccccc1)C(=O)NC(C)C. The molecule has 3 aromatic carbocycles. The Morgan fingerprint density at radius 3 is 2.11 bits per heavy atom. The third-order valence-electron chi connectivity index (χ3n) is 5.60. The van der Waals surface area contributed by atoms with E-state index in [1.807, 2.05) is 87.5 Å². The number of para-hydroxylation sites is 2. The molecule has 0 saturated carbocycles. The first-order valence-corrected chi connectivity index (χ1v) is 11.8. The van der Waals surface area contributed by atoms with Crippen molar-refractivity contribution in [3.05, 3.63) is 95.6 Å². The predicted octanol–water partition coefficient (Wildman–Crippen LogP) is 4.55. The Labute approximate surface area is 207 Å². The van der Waals surface area contributed by atoms with Crippen molar-refractivity contribution in [3.63, 3.8) is 0 Å². The molecule has 6 nitrogen and oxygen atoms in total. The van der Waals surface area contributed by atoms with Crippen molar-refractivity contribution in [2.45, 2.75) is 45.8 Å². The summed E-state index contributed by atoms with van der Waals surface area (Å²) < 4.78 is 11.2. The molecule has 0 aliphatic carbocycles. The summed E-state index contributed by atoms with van der Waals surface area (Å²) in [6, 6.07) is 24.1. The fraction of sp³-hybridized carbons (Fsp3) is 0.310. The average molecular weight is 475 g/mol. The first kappa shape index (κ1) is 25.8. The molecule has 3 aromatic rings. The summed E-state index contributed by atoms with van der Waals surface area (Å²) in [5.74, 6) is 0.548. The molecule has 0 spiro atoms. The highest BCUT2D eigenvalue weighted by atomic mass is 16.5. The van der Waals surface area contributed by atoms with Gasteiger partial charge in [-0.1, -0.05) is 72.3 Å². The molecular formula is C29H34N2O4. The standard InChI is InChI=1S/C29H34N2O4/c1-21(2)30-29(33)25(18-23-10-6-5-7-11-23)31(19-24-16-14-22(3)15-17-24)28(32)20-35-27-13-9-8-12-26(27)34-4/h5-17,21,25H,18-20H2,1-4H3,(H,30,33). The van der Waals surface area contributed by atoms with Crippen molar-refractivity contribution in [1.82, 2.24) is 10.2 Å². The maximum absolute atomic E-state index is 13.6. The number of carbonyl (C=O) groups is 2. The first-order chi connectivity index (χ1) is 16.9. The highest BCUT2D eigenvalue weighted by molar-refractivity contribution is 5.88. The number of carbonyl (C=O) groups excluding carboxylic acids is 2. The summed E-state index contributed by atoms with van der Waals surface area (Å²) in [4.78, 5) is 28.6. The van der Waals surface area contributed by atoms with E-state index in [9.17, 15) is 9.59 Å². The first-order valence-electron chi connectivity index (χ1n) is 11.8. The number of nitrogens with one attached hydrogen (secondary N) is 1. The number of methoxy groups -OCH3 is 1. The van der Waals surface area contributed by atoms with E-state index in [1.54, 1.807) is 24.1 Å². The topological polar surface area (TPSA) is 67.9 Å². The molecule has 0 aromatic heterocycles. The maximum Gasteiger partial charge on any atom is 0.261 e. The van der Waals surface area contributed by atoms with Crippen LogP contribution < -0.4 is 14.8 Å². The van der Waals surface area contributed by atoms with Crippen molar-refractivity contribution < 1.29 is 19.1 Å². The van der Waals surface area contributed by atoms with E-state index in [-0.39, 0.29) is 31.0 Å². The van der Waals surface area contributed by atoms with Crippen LogP contribution in [0.3, 0.4) is 0 Å². The van der Waals surface area contributed by atoms with E-state index in [0.29, 0.717) is 17.9 Å². The summed E-state index contributed by atoms with van der Waals surface area (Å²) in [6.07, 6.45) is 0.394. The molecule has 35 heavy (non-hydrogen) atoms. The Morgan fingerprint density at radius 1 is 0.857 bits per heavy atom. The van der Waals surface area contributed by atoms with E-state index >= 15 is 0 Å². The van der Waals surface area contributed by atoms with Crippen LogP contribution in [0.15, 0.2) is 78.9 Å². The minimum atomic E-state index is -0.699. The Hall–Kier alpha value is -3.80. The molecule has 3 rings (SSSR count). The molecule has 184 valence electrons. The highest BCUT2D eigenvalue weighted by Gasteiger charge is 2.31. The van der Waals surface area contributed by atoms with Crippen LogP contribution in [-0.4, -0.2) is 42.5 Å². The van der Waals surface area contributed by atoms with E-state index < -0.39 is 6.04 Å². The molecule has 0 radical (unpaired) electrons. The van der Waals surface area contributed by atoms with Crippen LogP contribution in [0.4, 0.5) is 0 Å². The Balaban J connectivity index is 1.91. The number of ether oxygens (including phenoxy) is 2. The van der Waals surface area contributed by atoms with Crippen LogP contribution in [-0.2, 0) is 22.6 Å². The van der Waals surface area contributed by atoms with Crippen molar-refractivity contribution in [1.29, 1.82) is 0 Å². The third kappa shape index (κ3) is 7.60. The van der Waals surface area contributed by atoms with Gasteiger partial charge in [-0.05, 0) is 44.0 Å². The van der Waals surface area contributed by atoms with Crippen LogP contribution in [0.5, 0.6) is 11.5 Å². The van der Waals surface area contributed by atoms with E-state index in [1.165, 1.54) is 0 Å². The lowest BCUT2D eigenvalue weighted by molar-refractivity contribution is -0.143. The molecule has 1 N–H and O–H groups in total. The van der Waals surface area contributed by atoms with E-state index in [2.05, 4.69) is 5.32 Å². The summed E-state index contributed by atoms with van der Waals surface area (Å²) in [7, 11) is 1.56. The predicted molar refractivity (Wildman–Crippen MR) is 137 cm³/mol. The Kier molecular flexibility index (Phi) is 9.30. The van der Waals surface area contributed by atoms with Gasteiger partial charge in [0.05, 0.1) is 7.11 Å². The normalized spacial score (nSPS) is 11.6. The second-order valence-corrected chi connectivity index (χ2v) is 8.82. The van der Waals surface area contributed by atoms with Gasteiger partial charge in [-0.3, -0.25) is 9.59 Å². The Morgan fingerprint density at radius 2 is 1.49 bits per heavy atom. The molecule has 0 fully saturated rings. The molecular weight excluding hydrogens is 440 g/mol. The largest absolute Gasteiger partial charge is 0.493 e. The highest BCUT2D eigenvalue weighted by Crippen LogP contribution is 2.26. The van der Waals surface area contributed by atoms with Crippen LogP contribution in [0.1, 0.15) is 30.5 Å². The van der Waals surface area contributed by atoms with Crippen molar-refractivity contribution in [2.75, 3.05) is 13.7 Å². The molecule has 0 bridgehead atoms.